The molecule has 1 amide bonds. The average molecular weight is 240 g/mol. The van der Waals surface area contributed by atoms with Gasteiger partial charge in [-0.25, -0.2) is 0 Å². The fourth-order valence-electron chi connectivity index (χ4n) is 2.10. The van der Waals surface area contributed by atoms with Gasteiger partial charge in [0, 0.05) is 12.1 Å². The van der Waals surface area contributed by atoms with Crippen LogP contribution in [0.3, 0.4) is 0 Å². The van der Waals surface area contributed by atoms with E-state index in [0.717, 1.165) is 6.42 Å². The van der Waals surface area contributed by atoms with Gasteiger partial charge in [-0.3, -0.25) is 4.79 Å². The molecule has 0 aliphatic heterocycles. The molecule has 1 aliphatic carbocycles. The number of nitriles is 1. The maximum Gasteiger partial charge on any atom is 0.251 e. The van der Waals surface area contributed by atoms with Gasteiger partial charge in [-0.05, 0) is 49.9 Å². The van der Waals surface area contributed by atoms with Crippen molar-refractivity contribution < 1.29 is 4.79 Å². The van der Waals surface area contributed by atoms with Crippen molar-refractivity contribution >= 4 is 5.91 Å². The molecular formula is C15H16N2O. The molecule has 2 rings (SSSR count). The lowest BCUT2D eigenvalue weighted by atomic mass is 10.1. The minimum absolute atomic E-state index is 0.0712. The molecule has 1 aromatic carbocycles. The predicted molar refractivity (Wildman–Crippen MR) is 70.0 cm³/mol. The van der Waals surface area contributed by atoms with Crippen LogP contribution in [0.4, 0.5) is 0 Å². The molecule has 0 bridgehead atoms. The number of allylic oxidation sites excluding steroid dienone is 1. The monoisotopic (exact) mass is 240 g/mol. The molecule has 0 heterocycles. The van der Waals surface area contributed by atoms with Gasteiger partial charge in [0.1, 0.15) is 0 Å². The molecule has 0 fully saturated rings. The van der Waals surface area contributed by atoms with Gasteiger partial charge in [-0.2, -0.15) is 5.26 Å². The molecule has 1 aliphatic rings. The Kier molecular flexibility index (Phi) is 4.14. The third kappa shape index (κ3) is 3.21. The Balaban J connectivity index is 1.81. The molecular weight excluding hydrogens is 224 g/mol. The van der Waals surface area contributed by atoms with E-state index in [1.54, 1.807) is 24.3 Å². The van der Waals surface area contributed by atoms with Crippen LogP contribution in [-0.2, 0) is 0 Å². The number of carbonyl (C=O) groups is 1. The lowest BCUT2D eigenvalue weighted by molar-refractivity contribution is 0.0954. The van der Waals surface area contributed by atoms with Gasteiger partial charge in [0.2, 0.25) is 0 Å². The zero-order valence-corrected chi connectivity index (χ0v) is 10.3. The minimum atomic E-state index is -0.0712. The van der Waals surface area contributed by atoms with E-state index in [-0.39, 0.29) is 5.91 Å². The minimum Gasteiger partial charge on any atom is -0.352 e. The van der Waals surface area contributed by atoms with Crippen LogP contribution in [0.25, 0.3) is 0 Å². The lowest BCUT2D eigenvalue weighted by Gasteiger charge is -2.05. The van der Waals surface area contributed by atoms with Gasteiger partial charge in [0.05, 0.1) is 11.6 Å². The SMILES string of the molecule is N#Cc1ccc(C(=O)NCCC2=CCCC2)cc1. The second kappa shape index (κ2) is 6.02. The van der Waals surface area contributed by atoms with Gasteiger partial charge in [0.15, 0.2) is 0 Å². The topological polar surface area (TPSA) is 52.9 Å². The first-order valence-corrected chi connectivity index (χ1v) is 6.26. The van der Waals surface area contributed by atoms with Crippen molar-refractivity contribution in [1.29, 1.82) is 5.26 Å². The van der Waals surface area contributed by atoms with E-state index < -0.39 is 0 Å². The molecule has 0 atom stereocenters. The molecule has 18 heavy (non-hydrogen) atoms. The fourth-order valence-corrected chi connectivity index (χ4v) is 2.10. The van der Waals surface area contributed by atoms with Crippen molar-refractivity contribution in [2.24, 2.45) is 0 Å². The molecule has 0 radical (unpaired) electrons. The highest BCUT2D eigenvalue weighted by Gasteiger charge is 2.07. The number of rotatable bonds is 4. The van der Waals surface area contributed by atoms with Crippen molar-refractivity contribution in [3.8, 4) is 6.07 Å². The van der Waals surface area contributed by atoms with Gasteiger partial charge in [-0.15, -0.1) is 0 Å². The lowest BCUT2D eigenvalue weighted by Crippen LogP contribution is -2.24. The van der Waals surface area contributed by atoms with Crippen LogP contribution in [0.15, 0.2) is 35.9 Å². The first-order chi connectivity index (χ1) is 8.79. The molecule has 0 saturated carbocycles. The highest BCUT2D eigenvalue weighted by molar-refractivity contribution is 5.94. The van der Waals surface area contributed by atoms with Gasteiger partial charge in [-0.1, -0.05) is 11.6 Å². The Labute approximate surface area is 107 Å². The van der Waals surface area contributed by atoms with Crippen LogP contribution >= 0.6 is 0 Å². The summed E-state index contributed by atoms with van der Waals surface area (Å²) >= 11 is 0. The molecule has 0 spiro atoms. The summed E-state index contributed by atoms with van der Waals surface area (Å²) in [5.41, 5.74) is 2.63. The van der Waals surface area contributed by atoms with E-state index in [2.05, 4.69) is 11.4 Å². The Bertz CT molecular complexity index is 494. The van der Waals surface area contributed by atoms with E-state index in [9.17, 15) is 4.79 Å². The van der Waals surface area contributed by atoms with E-state index >= 15 is 0 Å². The molecule has 3 heteroatoms. The molecule has 92 valence electrons. The normalized spacial score (nSPS) is 13.8. The number of nitrogens with one attached hydrogen (secondary N) is 1. The number of hydrogen-bond acceptors (Lipinski definition) is 2. The summed E-state index contributed by atoms with van der Waals surface area (Å²) in [5, 5.41) is 11.6. The van der Waals surface area contributed by atoms with Crippen LogP contribution in [-0.4, -0.2) is 12.5 Å². The van der Waals surface area contributed by atoms with Crippen LogP contribution < -0.4 is 5.32 Å². The quantitative estimate of drug-likeness (QED) is 0.823. The zero-order chi connectivity index (χ0) is 12.8. The standard InChI is InChI=1S/C15H16N2O/c16-11-13-5-7-14(8-6-13)15(18)17-10-9-12-3-1-2-4-12/h3,5-8H,1-2,4,9-10H2,(H,17,18). The number of nitrogens with zero attached hydrogens (tertiary/aromatic N) is 1. The fraction of sp³-hybridized carbons (Fsp3) is 0.333. The zero-order valence-electron chi connectivity index (χ0n) is 10.3. The largest absolute Gasteiger partial charge is 0.352 e. The second-order valence-electron chi connectivity index (χ2n) is 4.45. The second-order valence-corrected chi connectivity index (χ2v) is 4.45. The summed E-state index contributed by atoms with van der Waals surface area (Å²) in [6.07, 6.45) is 6.82. The van der Waals surface area contributed by atoms with Crippen molar-refractivity contribution in [2.45, 2.75) is 25.7 Å². The van der Waals surface area contributed by atoms with Gasteiger partial charge < -0.3 is 5.32 Å². The Morgan fingerprint density at radius 3 is 2.72 bits per heavy atom. The summed E-state index contributed by atoms with van der Waals surface area (Å²) in [4.78, 5) is 11.8. The predicted octanol–water partition coefficient (Wildman–Crippen LogP) is 2.79. The van der Waals surface area contributed by atoms with Gasteiger partial charge in [0.25, 0.3) is 5.91 Å². The Morgan fingerprint density at radius 1 is 1.33 bits per heavy atom. The Hall–Kier alpha value is -2.08. The Morgan fingerprint density at radius 2 is 2.11 bits per heavy atom. The smallest absolute Gasteiger partial charge is 0.251 e. The van der Waals surface area contributed by atoms with E-state index in [1.807, 2.05) is 6.07 Å². The summed E-state index contributed by atoms with van der Waals surface area (Å²) in [7, 11) is 0. The highest BCUT2D eigenvalue weighted by Crippen LogP contribution is 2.19. The first kappa shape index (κ1) is 12.4. The molecule has 1 aromatic rings. The third-order valence-corrected chi connectivity index (χ3v) is 3.14. The maximum absolute atomic E-state index is 11.8. The molecule has 0 aromatic heterocycles. The summed E-state index contributed by atoms with van der Waals surface area (Å²) in [6, 6.07) is 8.72. The van der Waals surface area contributed by atoms with Crippen molar-refractivity contribution in [2.75, 3.05) is 6.54 Å². The molecule has 3 nitrogen and oxygen atoms in total. The van der Waals surface area contributed by atoms with Crippen molar-refractivity contribution in [3.63, 3.8) is 0 Å². The summed E-state index contributed by atoms with van der Waals surface area (Å²) < 4.78 is 0. The van der Waals surface area contributed by atoms with Crippen LogP contribution in [0.2, 0.25) is 0 Å². The molecule has 0 unspecified atom stereocenters. The number of benzene rings is 1. The van der Waals surface area contributed by atoms with Gasteiger partial charge >= 0.3 is 0 Å². The molecule has 1 N–H and O–H groups in total. The number of amides is 1. The number of hydrogen-bond donors (Lipinski definition) is 1. The van der Waals surface area contributed by atoms with Crippen LogP contribution in [0.1, 0.15) is 41.6 Å². The van der Waals surface area contributed by atoms with Crippen LogP contribution in [0, 0.1) is 11.3 Å². The van der Waals surface area contributed by atoms with Crippen molar-refractivity contribution in [1.82, 2.24) is 5.32 Å². The third-order valence-electron chi connectivity index (χ3n) is 3.14. The first-order valence-electron chi connectivity index (χ1n) is 6.26. The van der Waals surface area contributed by atoms with Crippen molar-refractivity contribution in [3.05, 3.63) is 47.0 Å². The van der Waals surface area contributed by atoms with E-state index in [1.165, 1.54) is 24.8 Å². The van der Waals surface area contributed by atoms with Crippen LogP contribution in [0.5, 0.6) is 0 Å². The maximum atomic E-state index is 11.8. The average Bonchev–Trinajstić information content (AvgIpc) is 2.92. The summed E-state index contributed by atoms with van der Waals surface area (Å²) in [6.45, 7) is 0.685. The van der Waals surface area contributed by atoms with E-state index in [0.29, 0.717) is 17.7 Å². The highest BCUT2D eigenvalue weighted by atomic mass is 16.1. The molecule has 0 saturated heterocycles. The number of carbonyl (C=O) groups excluding carboxylic acids is 1. The summed E-state index contributed by atoms with van der Waals surface area (Å²) in [5.74, 6) is -0.0712. The van der Waals surface area contributed by atoms with E-state index in [4.69, 9.17) is 5.26 Å².